The van der Waals surface area contributed by atoms with Crippen molar-refractivity contribution in [1.82, 2.24) is 4.90 Å². The van der Waals surface area contributed by atoms with Gasteiger partial charge in [-0.2, -0.15) is 0 Å². The van der Waals surface area contributed by atoms with Crippen molar-refractivity contribution in [2.24, 2.45) is 0 Å². The average molecular weight is 394 g/mol. The Hall–Kier alpha value is -1.56. The van der Waals surface area contributed by atoms with Gasteiger partial charge in [-0.25, -0.2) is 0 Å². The van der Waals surface area contributed by atoms with Crippen LogP contribution in [0.2, 0.25) is 5.02 Å². The van der Waals surface area contributed by atoms with Gasteiger partial charge in [0.2, 0.25) is 0 Å². The third-order valence-corrected chi connectivity index (χ3v) is 6.03. The summed E-state index contributed by atoms with van der Waals surface area (Å²) in [5.41, 5.74) is 2.15. The molecule has 1 fully saturated rings. The second-order valence-electron chi connectivity index (χ2n) is 6.64. The van der Waals surface area contributed by atoms with Crippen LogP contribution in [0.5, 0.6) is 5.75 Å². The Morgan fingerprint density at radius 2 is 2.19 bits per heavy atom. The molecule has 4 nitrogen and oxygen atoms in total. The quantitative estimate of drug-likeness (QED) is 0.689. The van der Waals surface area contributed by atoms with Gasteiger partial charge in [-0.3, -0.25) is 4.79 Å². The van der Waals surface area contributed by atoms with Crippen molar-refractivity contribution in [2.75, 3.05) is 19.8 Å². The largest absolute Gasteiger partial charge is 0.484 e. The summed E-state index contributed by atoms with van der Waals surface area (Å²) in [7, 11) is 0. The van der Waals surface area contributed by atoms with E-state index in [1.165, 1.54) is 10.4 Å². The zero-order chi connectivity index (χ0) is 18.5. The molecule has 0 radical (unpaired) electrons. The smallest absolute Gasteiger partial charge is 0.260 e. The zero-order valence-corrected chi connectivity index (χ0v) is 16.7. The van der Waals surface area contributed by atoms with Gasteiger partial charge < -0.3 is 14.4 Å². The first-order valence-corrected chi connectivity index (χ1v) is 10.1. The van der Waals surface area contributed by atoms with Gasteiger partial charge in [-0.15, -0.1) is 11.3 Å². The van der Waals surface area contributed by atoms with Crippen molar-refractivity contribution in [3.8, 4) is 5.75 Å². The topological polar surface area (TPSA) is 38.8 Å². The molecule has 1 aromatic heterocycles. The monoisotopic (exact) mass is 393 g/mol. The SMILES string of the molecule is Cc1cc(OCC(=O)N(Cc2sccc2C)C[C@H]2CCCO2)ccc1Cl. The molecule has 26 heavy (non-hydrogen) atoms. The number of rotatable bonds is 7. The van der Waals surface area contributed by atoms with Crippen LogP contribution in [0.25, 0.3) is 0 Å². The van der Waals surface area contributed by atoms with Crippen LogP contribution in [0.1, 0.15) is 28.8 Å². The molecule has 0 saturated carbocycles. The molecule has 3 rings (SSSR count). The van der Waals surface area contributed by atoms with E-state index in [1.54, 1.807) is 23.5 Å². The first-order valence-electron chi connectivity index (χ1n) is 8.84. The number of ether oxygens (including phenoxy) is 2. The minimum Gasteiger partial charge on any atom is -0.484 e. The Balaban J connectivity index is 1.64. The van der Waals surface area contributed by atoms with Gasteiger partial charge in [-0.1, -0.05) is 11.6 Å². The fourth-order valence-electron chi connectivity index (χ4n) is 2.97. The summed E-state index contributed by atoms with van der Waals surface area (Å²) in [5, 5.41) is 2.75. The number of benzene rings is 1. The Morgan fingerprint density at radius 1 is 1.35 bits per heavy atom. The van der Waals surface area contributed by atoms with Gasteiger partial charge in [0, 0.05) is 23.1 Å². The molecule has 0 aliphatic carbocycles. The van der Waals surface area contributed by atoms with Crippen molar-refractivity contribution in [3.05, 3.63) is 50.7 Å². The van der Waals surface area contributed by atoms with Crippen LogP contribution in [0.15, 0.2) is 29.6 Å². The molecule has 140 valence electrons. The van der Waals surface area contributed by atoms with E-state index in [4.69, 9.17) is 21.1 Å². The summed E-state index contributed by atoms with van der Waals surface area (Å²) in [6.45, 7) is 6.00. The molecule has 0 bridgehead atoms. The number of carbonyl (C=O) groups is 1. The molecule has 1 aliphatic heterocycles. The standard InChI is InChI=1S/C20H24ClNO3S/c1-14-7-9-26-19(14)12-22(11-17-4-3-8-24-17)20(23)13-25-16-5-6-18(21)15(2)10-16/h5-7,9-10,17H,3-4,8,11-13H2,1-2H3/t17-/m1/s1. The molecule has 0 N–H and O–H groups in total. The lowest BCUT2D eigenvalue weighted by atomic mass is 10.2. The summed E-state index contributed by atoms with van der Waals surface area (Å²) < 4.78 is 11.4. The summed E-state index contributed by atoms with van der Waals surface area (Å²) in [6, 6.07) is 7.51. The van der Waals surface area contributed by atoms with E-state index < -0.39 is 0 Å². The summed E-state index contributed by atoms with van der Waals surface area (Å²) in [6.07, 6.45) is 2.19. The van der Waals surface area contributed by atoms with Gasteiger partial charge in [0.25, 0.3) is 5.91 Å². The molecule has 6 heteroatoms. The predicted octanol–water partition coefficient (Wildman–Crippen LogP) is 4.60. The first-order chi connectivity index (χ1) is 12.5. The van der Waals surface area contributed by atoms with Crippen LogP contribution >= 0.6 is 22.9 Å². The van der Waals surface area contributed by atoms with Gasteiger partial charge >= 0.3 is 0 Å². The third-order valence-electron chi connectivity index (χ3n) is 4.60. The fraction of sp³-hybridized carbons (Fsp3) is 0.450. The van der Waals surface area contributed by atoms with Crippen molar-refractivity contribution >= 4 is 28.8 Å². The number of carbonyl (C=O) groups excluding carboxylic acids is 1. The maximum Gasteiger partial charge on any atom is 0.260 e. The van der Waals surface area contributed by atoms with E-state index in [9.17, 15) is 4.79 Å². The number of hydrogen-bond acceptors (Lipinski definition) is 4. The summed E-state index contributed by atoms with van der Waals surface area (Å²) >= 11 is 7.72. The average Bonchev–Trinajstić information content (AvgIpc) is 3.27. The van der Waals surface area contributed by atoms with E-state index in [2.05, 4.69) is 18.4 Å². The Kier molecular flexibility index (Phi) is 6.57. The second kappa shape index (κ2) is 8.89. The van der Waals surface area contributed by atoms with Crippen LogP contribution in [-0.4, -0.2) is 36.7 Å². The summed E-state index contributed by atoms with van der Waals surface area (Å²) in [5.74, 6) is 0.630. The molecular weight excluding hydrogens is 370 g/mol. The molecule has 2 aromatic rings. The molecule has 2 heterocycles. The molecule has 1 aromatic carbocycles. The van der Waals surface area contributed by atoms with Crippen LogP contribution in [0.3, 0.4) is 0 Å². The molecular formula is C20H24ClNO3S. The molecule has 0 spiro atoms. The van der Waals surface area contributed by atoms with Crippen LogP contribution in [-0.2, 0) is 16.1 Å². The fourth-order valence-corrected chi connectivity index (χ4v) is 4.01. The number of hydrogen-bond donors (Lipinski definition) is 0. The number of halogens is 1. The molecule has 1 aliphatic rings. The van der Waals surface area contributed by atoms with E-state index in [1.807, 2.05) is 17.9 Å². The number of amides is 1. The normalized spacial score (nSPS) is 16.7. The van der Waals surface area contributed by atoms with Gasteiger partial charge in [0.1, 0.15) is 5.75 Å². The van der Waals surface area contributed by atoms with Crippen molar-refractivity contribution in [2.45, 2.75) is 39.3 Å². The lowest BCUT2D eigenvalue weighted by molar-refractivity contribution is -0.135. The number of aryl methyl sites for hydroxylation is 2. The van der Waals surface area contributed by atoms with E-state index >= 15 is 0 Å². The van der Waals surface area contributed by atoms with E-state index in [0.717, 1.165) is 25.0 Å². The van der Waals surface area contributed by atoms with Gasteiger partial charge in [-0.05, 0) is 67.5 Å². The predicted molar refractivity (Wildman–Crippen MR) is 105 cm³/mol. The Morgan fingerprint density at radius 3 is 2.85 bits per heavy atom. The Bertz CT molecular complexity index is 755. The minimum atomic E-state index is -0.0269. The van der Waals surface area contributed by atoms with Crippen LogP contribution in [0.4, 0.5) is 0 Å². The van der Waals surface area contributed by atoms with Gasteiger partial charge in [0.05, 0.1) is 12.6 Å². The highest BCUT2D eigenvalue weighted by Gasteiger charge is 2.24. The highest BCUT2D eigenvalue weighted by Crippen LogP contribution is 2.22. The minimum absolute atomic E-state index is 0.0121. The molecule has 0 unspecified atom stereocenters. The lowest BCUT2D eigenvalue weighted by Gasteiger charge is -2.25. The van der Waals surface area contributed by atoms with Crippen molar-refractivity contribution < 1.29 is 14.3 Å². The first kappa shape index (κ1) is 19.2. The number of nitrogens with zero attached hydrogens (tertiary/aromatic N) is 1. The Labute approximate surface area is 163 Å². The molecule has 1 atom stereocenters. The maximum absolute atomic E-state index is 12.8. The van der Waals surface area contributed by atoms with E-state index in [-0.39, 0.29) is 18.6 Å². The molecule has 1 saturated heterocycles. The highest BCUT2D eigenvalue weighted by molar-refractivity contribution is 7.10. The van der Waals surface area contributed by atoms with Crippen molar-refractivity contribution in [1.29, 1.82) is 0 Å². The molecule has 1 amide bonds. The van der Waals surface area contributed by atoms with E-state index in [0.29, 0.717) is 23.9 Å². The number of thiophene rings is 1. The highest BCUT2D eigenvalue weighted by atomic mass is 35.5. The third kappa shape index (κ3) is 5.00. The van der Waals surface area contributed by atoms with Crippen molar-refractivity contribution in [3.63, 3.8) is 0 Å². The van der Waals surface area contributed by atoms with Crippen LogP contribution < -0.4 is 4.74 Å². The van der Waals surface area contributed by atoms with Crippen LogP contribution in [0, 0.1) is 13.8 Å². The zero-order valence-electron chi connectivity index (χ0n) is 15.2. The second-order valence-corrected chi connectivity index (χ2v) is 8.04. The summed E-state index contributed by atoms with van der Waals surface area (Å²) in [4.78, 5) is 15.9. The lowest BCUT2D eigenvalue weighted by Crippen LogP contribution is -2.39. The van der Waals surface area contributed by atoms with Gasteiger partial charge in [0.15, 0.2) is 6.61 Å². The maximum atomic E-state index is 12.8.